The Hall–Kier alpha value is -4.11. The van der Waals surface area contributed by atoms with E-state index in [2.05, 4.69) is 15.2 Å². The summed E-state index contributed by atoms with van der Waals surface area (Å²) in [6.07, 6.45) is 5.38. The van der Waals surface area contributed by atoms with Crippen LogP contribution in [0, 0.1) is 0 Å². The maximum Gasteiger partial charge on any atom is 0.316 e. The van der Waals surface area contributed by atoms with Crippen LogP contribution in [0.3, 0.4) is 0 Å². The van der Waals surface area contributed by atoms with Crippen LogP contribution in [0.15, 0.2) is 61.1 Å². The maximum atomic E-state index is 11.1. The molecule has 0 unspecified atom stereocenters. The number of ether oxygens (including phenoxy) is 1. The van der Waals surface area contributed by atoms with Crippen molar-refractivity contribution in [2.24, 2.45) is 5.73 Å². The van der Waals surface area contributed by atoms with Gasteiger partial charge in [-0.3, -0.25) is 9.97 Å². The summed E-state index contributed by atoms with van der Waals surface area (Å²) in [5, 5.41) is 2.56. The first-order valence-corrected chi connectivity index (χ1v) is 10.3. The molecule has 4 aromatic rings. The lowest BCUT2D eigenvalue weighted by atomic mass is 10.1. The molecule has 160 valence electrons. The van der Waals surface area contributed by atoms with Gasteiger partial charge in [0.2, 0.25) is 0 Å². The number of anilines is 2. The molecule has 0 aliphatic carbocycles. The van der Waals surface area contributed by atoms with Crippen LogP contribution in [-0.2, 0) is 4.74 Å². The molecule has 1 aliphatic heterocycles. The van der Waals surface area contributed by atoms with Crippen LogP contribution in [0.2, 0.25) is 0 Å². The molecule has 4 heterocycles. The van der Waals surface area contributed by atoms with E-state index in [1.54, 1.807) is 24.5 Å². The van der Waals surface area contributed by atoms with Gasteiger partial charge in [-0.1, -0.05) is 6.07 Å². The van der Waals surface area contributed by atoms with Crippen LogP contribution >= 0.6 is 0 Å². The molecule has 3 aromatic heterocycles. The lowest BCUT2D eigenvalue weighted by Crippen LogP contribution is -2.37. The number of hydrogen-bond donors (Lipinski definition) is 2. The van der Waals surface area contributed by atoms with Gasteiger partial charge in [0.25, 0.3) is 0 Å². The van der Waals surface area contributed by atoms with E-state index < -0.39 is 6.03 Å². The molecule has 0 radical (unpaired) electrons. The number of urea groups is 1. The van der Waals surface area contributed by atoms with Crippen LogP contribution in [0.1, 0.15) is 0 Å². The van der Waals surface area contributed by atoms with E-state index in [0.29, 0.717) is 24.7 Å². The molecule has 9 heteroatoms. The number of aromatic nitrogens is 4. The van der Waals surface area contributed by atoms with Crippen LogP contribution in [0.5, 0.6) is 0 Å². The van der Waals surface area contributed by atoms with Crippen molar-refractivity contribution in [3.8, 4) is 22.5 Å². The molecular weight excluding hydrogens is 406 g/mol. The predicted molar refractivity (Wildman–Crippen MR) is 122 cm³/mol. The molecule has 1 aromatic carbocycles. The van der Waals surface area contributed by atoms with Gasteiger partial charge >= 0.3 is 6.03 Å². The number of fused-ring (bicyclic) bond motifs is 1. The number of carbonyl (C=O) groups is 1. The van der Waals surface area contributed by atoms with Crippen LogP contribution in [0.25, 0.3) is 33.5 Å². The smallest absolute Gasteiger partial charge is 0.316 e. The minimum absolute atomic E-state index is 0.578. The van der Waals surface area contributed by atoms with E-state index in [-0.39, 0.29) is 0 Å². The summed E-state index contributed by atoms with van der Waals surface area (Å²) < 4.78 is 5.51. The van der Waals surface area contributed by atoms with Crippen LogP contribution < -0.4 is 16.0 Å². The number of pyridine rings is 2. The Balaban J connectivity index is 1.62. The first kappa shape index (κ1) is 19.8. The third-order valence-corrected chi connectivity index (χ3v) is 5.23. The highest BCUT2D eigenvalue weighted by Gasteiger charge is 2.19. The largest absolute Gasteiger partial charge is 0.378 e. The second-order valence-electron chi connectivity index (χ2n) is 7.37. The van der Waals surface area contributed by atoms with E-state index in [0.717, 1.165) is 46.6 Å². The third-order valence-electron chi connectivity index (χ3n) is 5.23. The number of nitrogens with two attached hydrogens (primary N) is 1. The Labute approximate surface area is 184 Å². The van der Waals surface area contributed by atoms with Gasteiger partial charge in [-0.05, 0) is 36.4 Å². The van der Waals surface area contributed by atoms with Gasteiger partial charge in [0.15, 0.2) is 11.6 Å². The first-order valence-electron chi connectivity index (χ1n) is 10.3. The number of benzene rings is 1. The average molecular weight is 427 g/mol. The predicted octanol–water partition coefficient (Wildman–Crippen LogP) is 3.08. The Morgan fingerprint density at radius 1 is 1.00 bits per heavy atom. The van der Waals surface area contributed by atoms with Crippen molar-refractivity contribution in [2.45, 2.75) is 0 Å². The van der Waals surface area contributed by atoms with Crippen LogP contribution in [0.4, 0.5) is 16.3 Å². The van der Waals surface area contributed by atoms with Gasteiger partial charge in [0, 0.05) is 54.1 Å². The third kappa shape index (κ3) is 4.06. The minimum atomic E-state index is -0.608. The Bertz CT molecular complexity index is 1260. The first-order chi connectivity index (χ1) is 15.7. The zero-order chi connectivity index (χ0) is 21.9. The molecule has 0 atom stereocenters. The van der Waals surface area contributed by atoms with E-state index in [4.69, 9.17) is 25.4 Å². The Kier molecular flexibility index (Phi) is 5.30. The molecule has 3 N–H and O–H groups in total. The van der Waals surface area contributed by atoms with Crippen molar-refractivity contribution < 1.29 is 9.53 Å². The molecule has 32 heavy (non-hydrogen) atoms. The molecule has 2 amide bonds. The number of morpholine rings is 1. The summed E-state index contributed by atoms with van der Waals surface area (Å²) >= 11 is 0. The Morgan fingerprint density at radius 2 is 1.81 bits per heavy atom. The van der Waals surface area contributed by atoms with E-state index >= 15 is 0 Å². The van der Waals surface area contributed by atoms with Crippen molar-refractivity contribution in [1.82, 2.24) is 19.9 Å². The van der Waals surface area contributed by atoms with Crippen molar-refractivity contribution in [2.75, 3.05) is 36.5 Å². The quantitative estimate of drug-likeness (QED) is 0.514. The number of nitrogens with one attached hydrogen (secondary N) is 1. The van der Waals surface area contributed by atoms with Crippen molar-refractivity contribution in [1.29, 1.82) is 0 Å². The van der Waals surface area contributed by atoms with Crippen molar-refractivity contribution >= 4 is 28.6 Å². The number of nitrogens with zero attached hydrogens (tertiary/aromatic N) is 5. The fraction of sp³-hybridized carbons (Fsp3) is 0.174. The zero-order valence-corrected chi connectivity index (χ0v) is 17.2. The van der Waals surface area contributed by atoms with E-state index in [9.17, 15) is 4.79 Å². The topological polar surface area (TPSA) is 119 Å². The van der Waals surface area contributed by atoms with Gasteiger partial charge in [0.05, 0.1) is 18.7 Å². The number of primary amides is 1. The van der Waals surface area contributed by atoms with Gasteiger partial charge in [0.1, 0.15) is 5.52 Å². The van der Waals surface area contributed by atoms with Gasteiger partial charge in [-0.25, -0.2) is 14.8 Å². The summed E-state index contributed by atoms with van der Waals surface area (Å²) in [4.78, 5) is 31.9. The van der Waals surface area contributed by atoms with Crippen molar-refractivity contribution in [3.05, 3.63) is 61.1 Å². The molecule has 5 rings (SSSR count). The molecule has 1 saturated heterocycles. The fourth-order valence-electron chi connectivity index (χ4n) is 3.66. The molecule has 1 aliphatic rings. The number of carbonyl (C=O) groups excluding carboxylic acids is 1. The lowest BCUT2D eigenvalue weighted by Gasteiger charge is -2.28. The summed E-state index contributed by atoms with van der Waals surface area (Å²) in [6, 6.07) is 12.5. The molecular formula is C23H21N7O2. The monoisotopic (exact) mass is 427 g/mol. The number of rotatable bonds is 4. The maximum absolute atomic E-state index is 11.1. The molecule has 1 fully saturated rings. The SMILES string of the molecule is NC(=O)Nc1ccc(-c2nc(N3CCOCC3)c3ncc(-c4cccnc4)cc3n2)cc1. The molecule has 9 nitrogen and oxygen atoms in total. The summed E-state index contributed by atoms with van der Waals surface area (Å²) in [6.45, 7) is 2.75. The highest BCUT2D eigenvalue weighted by molar-refractivity contribution is 5.91. The second-order valence-corrected chi connectivity index (χ2v) is 7.37. The van der Waals surface area contributed by atoms with Gasteiger partial charge in [-0.15, -0.1) is 0 Å². The van der Waals surface area contributed by atoms with E-state index in [1.165, 1.54) is 0 Å². The molecule has 0 bridgehead atoms. The number of hydrogen-bond acceptors (Lipinski definition) is 7. The van der Waals surface area contributed by atoms with Crippen molar-refractivity contribution in [3.63, 3.8) is 0 Å². The highest BCUT2D eigenvalue weighted by Crippen LogP contribution is 2.30. The summed E-state index contributed by atoms with van der Waals surface area (Å²) in [5.41, 5.74) is 10.0. The zero-order valence-electron chi connectivity index (χ0n) is 17.2. The Morgan fingerprint density at radius 3 is 2.53 bits per heavy atom. The number of amides is 2. The summed E-state index contributed by atoms with van der Waals surface area (Å²) in [7, 11) is 0. The van der Waals surface area contributed by atoms with Gasteiger partial charge in [-0.2, -0.15) is 0 Å². The molecule has 0 saturated carbocycles. The van der Waals surface area contributed by atoms with Crippen LogP contribution in [-0.4, -0.2) is 52.3 Å². The summed E-state index contributed by atoms with van der Waals surface area (Å²) in [5.74, 6) is 1.36. The van der Waals surface area contributed by atoms with E-state index in [1.807, 2.05) is 36.5 Å². The van der Waals surface area contributed by atoms with Gasteiger partial charge < -0.3 is 20.7 Å². The fourth-order valence-corrected chi connectivity index (χ4v) is 3.66. The minimum Gasteiger partial charge on any atom is -0.378 e. The second kappa shape index (κ2) is 8.56. The highest BCUT2D eigenvalue weighted by atomic mass is 16.5. The normalized spacial score (nSPS) is 13.8. The standard InChI is InChI=1S/C23H21N7O2/c24-23(31)27-18-5-3-15(4-6-18)21-28-19-12-17(16-2-1-7-25-13-16)14-26-20(19)22(29-21)30-8-10-32-11-9-30/h1-7,12-14H,8-11H2,(H3,24,27,31). The average Bonchev–Trinajstić information content (AvgIpc) is 2.84. The lowest BCUT2D eigenvalue weighted by molar-refractivity contribution is 0.122. The molecule has 0 spiro atoms.